The van der Waals surface area contributed by atoms with E-state index in [1.807, 2.05) is 32.0 Å². The fourth-order valence-corrected chi connectivity index (χ4v) is 2.82. The Morgan fingerprint density at radius 1 is 1.00 bits per heavy atom. The highest BCUT2D eigenvalue weighted by atomic mass is 16.5. The molecule has 3 rings (SSSR count). The number of nitrogens with one attached hydrogen (secondary N) is 1. The second-order valence-electron chi connectivity index (χ2n) is 6.85. The summed E-state index contributed by atoms with van der Waals surface area (Å²) >= 11 is 0. The molecule has 6 nitrogen and oxygen atoms in total. The maximum Gasteiger partial charge on any atom is 0.254 e. The maximum absolute atomic E-state index is 13.1. The minimum atomic E-state index is -0.282. The Balaban J connectivity index is 1.73. The molecule has 0 spiro atoms. The molecule has 0 radical (unpaired) electrons. The number of amides is 2. The van der Waals surface area contributed by atoms with Crippen LogP contribution in [0.15, 0.2) is 77.4 Å². The fraction of sp³-hybridized carbons (Fsp3) is 0.217. The van der Waals surface area contributed by atoms with Crippen molar-refractivity contribution in [1.29, 1.82) is 0 Å². The van der Waals surface area contributed by atoms with Gasteiger partial charge in [-0.05, 0) is 62.4 Å². The summed E-state index contributed by atoms with van der Waals surface area (Å²) in [5, 5.41) is 2.81. The highest BCUT2D eigenvalue weighted by Crippen LogP contribution is 2.17. The van der Waals surface area contributed by atoms with Crippen LogP contribution in [-0.2, 0) is 11.3 Å². The third-order valence-electron chi connectivity index (χ3n) is 4.08. The number of carbonyl (C=O) groups excluding carboxylic acids is 2. The summed E-state index contributed by atoms with van der Waals surface area (Å²) in [6, 6.07) is 19.6. The van der Waals surface area contributed by atoms with Crippen LogP contribution in [0.4, 0.5) is 5.69 Å². The Morgan fingerprint density at radius 3 is 2.34 bits per heavy atom. The summed E-state index contributed by atoms with van der Waals surface area (Å²) in [5.41, 5.74) is 1.15. The van der Waals surface area contributed by atoms with E-state index in [2.05, 4.69) is 5.32 Å². The van der Waals surface area contributed by atoms with Gasteiger partial charge in [0.25, 0.3) is 5.91 Å². The Kier molecular flexibility index (Phi) is 6.68. The first-order valence-corrected chi connectivity index (χ1v) is 9.44. The van der Waals surface area contributed by atoms with Crippen molar-refractivity contribution in [1.82, 2.24) is 4.90 Å². The molecule has 2 amide bonds. The van der Waals surface area contributed by atoms with Gasteiger partial charge < -0.3 is 19.4 Å². The van der Waals surface area contributed by atoms with Crippen molar-refractivity contribution in [3.63, 3.8) is 0 Å². The summed E-state index contributed by atoms with van der Waals surface area (Å²) < 4.78 is 11.0. The molecule has 2 aromatic carbocycles. The van der Waals surface area contributed by atoms with E-state index in [9.17, 15) is 9.59 Å². The second-order valence-corrected chi connectivity index (χ2v) is 6.85. The Hall–Kier alpha value is -3.54. The van der Waals surface area contributed by atoms with E-state index in [0.29, 0.717) is 22.8 Å². The zero-order valence-electron chi connectivity index (χ0n) is 16.5. The van der Waals surface area contributed by atoms with Crippen molar-refractivity contribution in [3.05, 3.63) is 84.3 Å². The Bertz CT molecular complexity index is 919. The number of rotatable bonds is 8. The Labute approximate surface area is 170 Å². The largest absolute Gasteiger partial charge is 0.491 e. The first-order chi connectivity index (χ1) is 14.0. The standard InChI is InChI=1S/C23H24N2O4/c1-17(2)29-20-12-10-18(11-13-20)23(27)25(15-21-9-6-14-28-21)16-22(26)24-19-7-4-3-5-8-19/h3-14,17H,15-16H2,1-2H3,(H,24,26). The van der Waals surface area contributed by atoms with Crippen LogP contribution >= 0.6 is 0 Å². The summed E-state index contributed by atoms with van der Waals surface area (Å²) in [6.45, 7) is 3.97. The number of hydrogen-bond acceptors (Lipinski definition) is 4. The van der Waals surface area contributed by atoms with Crippen LogP contribution in [0.25, 0.3) is 0 Å². The first kappa shape index (κ1) is 20.2. The third kappa shape index (κ3) is 5.97. The second kappa shape index (κ2) is 9.59. The average molecular weight is 392 g/mol. The van der Waals surface area contributed by atoms with Gasteiger partial charge in [0.2, 0.25) is 5.91 Å². The maximum atomic E-state index is 13.1. The topological polar surface area (TPSA) is 71.8 Å². The molecule has 0 bridgehead atoms. The summed E-state index contributed by atoms with van der Waals surface area (Å²) in [5.74, 6) is 0.748. The van der Waals surface area contributed by atoms with E-state index in [1.54, 1.807) is 54.8 Å². The third-order valence-corrected chi connectivity index (χ3v) is 4.08. The smallest absolute Gasteiger partial charge is 0.254 e. The van der Waals surface area contributed by atoms with Crippen molar-refractivity contribution in [2.75, 3.05) is 11.9 Å². The van der Waals surface area contributed by atoms with Crippen molar-refractivity contribution in [2.24, 2.45) is 0 Å². The minimum Gasteiger partial charge on any atom is -0.491 e. The predicted molar refractivity (Wildman–Crippen MR) is 111 cm³/mol. The first-order valence-electron chi connectivity index (χ1n) is 9.44. The zero-order valence-corrected chi connectivity index (χ0v) is 16.5. The fourth-order valence-electron chi connectivity index (χ4n) is 2.82. The molecular formula is C23H24N2O4. The predicted octanol–water partition coefficient (Wildman–Crippen LogP) is 4.35. The van der Waals surface area contributed by atoms with Gasteiger partial charge in [0, 0.05) is 11.3 Å². The van der Waals surface area contributed by atoms with E-state index in [4.69, 9.17) is 9.15 Å². The van der Waals surface area contributed by atoms with Crippen molar-refractivity contribution >= 4 is 17.5 Å². The van der Waals surface area contributed by atoms with E-state index in [0.717, 1.165) is 0 Å². The molecule has 0 fully saturated rings. The normalized spacial score (nSPS) is 10.6. The molecule has 6 heteroatoms. The van der Waals surface area contributed by atoms with Gasteiger partial charge in [-0.3, -0.25) is 9.59 Å². The number of carbonyl (C=O) groups is 2. The van der Waals surface area contributed by atoms with Gasteiger partial charge >= 0.3 is 0 Å². The summed E-state index contributed by atoms with van der Waals surface area (Å²) in [6.07, 6.45) is 1.59. The molecule has 1 aromatic heterocycles. The minimum absolute atomic E-state index is 0.0497. The average Bonchev–Trinajstić information content (AvgIpc) is 3.21. The van der Waals surface area contributed by atoms with Crippen molar-refractivity contribution in [2.45, 2.75) is 26.5 Å². The summed E-state index contributed by atoms with van der Waals surface area (Å²) in [7, 11) is 0. The SMILES string of the molecule is CC(C)Oc1ccc(C(=O)N(CC(=O)Nc2ccccc2)Cc2ccco2)cc1. The van der Waals surface area contributed by atoms with Gasteiger partial charge in [-0.2, -0.15) is 0 Å². The summed E-state index contributed by atoms with van der Waals surface area (Å²) in [4.78, 5) is 27.0. The molecule has 3 aromatic rings. The number of anilines is 1. The molecule has 0 saturated carbocycles. The lowest BCUT2D eigenvalue weighted by Crippen LogP contribution is -2.37. The number of para-hydroxylation sites is 1. The van der Waals surface area contributed by atoms with Crippen LogP contribution in [0, 0.1) is 0 Å². The van der Waals surface area contributed by atoms with Crippen LogP contribution in [-0.4, -0.2) is 29.4 Å². The number of ether oxygens (including phenoxy) is 1. The highest BCUT2D eigenvalue weighted by molar-refractivity contribution is 5.99. The molecule has 1 N–H and O–H groups in total. The molecule has 29 heavy (non-hydrogen) atoms. The van der Waals surface area contributed by atoms with Crippen LogP contribution < -0.4 is 10.1 Å². The lowest BCUT2D eigenvalue weighted by atomic mass is 10.2. The van der Waals surface area contributed by atoms with Gasteiger partial charge in [-0.25, -0.2) is 0 Å². The molecule has 1 heterocycles. The number of furan rings is 1. The van der Waals surface area contributed by atoms with E-state index in [-0.39, 0.29) is 31.0 Å². The lowest BCUT2D eigenvalue weighted by Gasteiger charge is -2.21. The van der Waals surface area contributed by atoms with Gasteiger partial charge in [0.1, 0.15) is 18.1 Å². The zero-order chi connectivity index (χ0) is 20.6. The Morgan fingerprint density at radius 2 is 1.72 bits per heavy atom. The molecule has 0 unspecified atom stereocenters. The lowest BCUT2D eigenvalue weighted by molar-refractivity contribution is -0.117. The van der Waals surface area contributed by atoms with Crippen LogP contribution in [0.1, 0.15) is 30.0 Å². The number of nitrogens with zero attached hydrogens (tertiary/aromatic N) is 1. The quantitative estimate of drug-likeness (QED) is 0.619. The van der Waals surface area contributed by atoms with E-state index >= 15 is 0 Å². The monoisotopic (exact) mass is 392 g/mol. The molecule has 0 aliphatic rings. The van der Waals surface area contributed by atoms with Crippen molar-refractivity contribution < 1.29 is 18.7 Å². The van der Waals surface area contributed by atoms with Crippen molar-refractivity contribution in [3.8, 4) is 5.75 Å². The van der Waals surface area contributed by atoms with E-state index < -0.39 is 0 Å². The van der Waals surface area contributed by atoms with Gasteiger partial charge in [0.15, 0.2) is 0 Å². The number of hydrogen-bond donors (Lipinski definition) is 1. The van der Waals surface area contributed by atoms with Crippen LogP contribution in [0.5, 0.6) is 5.75 Å². The molecule has 0 aliphatic carbocycles. The van der Waals surface area contributed by atoms with Crippen LogP contribution in [0.2, 0.25) is 0 Å². The van der Waals surface area contributed by atoms with Gasteiger partial charge in [-0.15, -0.1) is 0 Å². The van der Waals surface area contributed by atoms with Crippen LogP contribution in [0.3, 0.4) is 0 Å². The molecule has 0 aliphatic heterocycles. The van der Waals surface area contributed by atoms with E-state index in [1.165, 1.54) is 4.90 Å². The number of benzene rings is 2. The van der Waals surface area contributed by atoms with Gasteiger partial charge in [-0.1, -0.05) is 18.2 Å². The molecule has 150 valence electrons. The molecule has 0 atom stereocenters. The molecule has 0 saturated heterocycles. The molecular weight excluding hydrogens is 368 g/mol. The van der Waals surface area contributed by atoms with Gasteiger partial charge in [0.05, 0.1) is 18.9 Å². The highest BCUT2D eigenvalue weighted by Gasteiger charge is 2.20.